The first-order valence-electron chi connectivity index (χ1n) is 11.4. The van der Waals surface area contributed by atoms with Crippen LogP contribution in [0.5, 0.6) is 0 Å². The highest BCUT2D eigenvalue weighted by molar-refractivity contribution is 6.00. The molecule has 1 spiro atoms. The lowest BCUT2D eigenvalue weighted by Crippen LogP contribution is -2.31. The number of carbonyl (C=O) groups excluding carboxylic acids is 1. The number of piperidine rings is 2. The van der Waals surface area contributed by atoms with Crippen LogP contribution in [0.3, 0.4) is 0 Å². The number of nitrogens with zero attached hydrogens (tertiary/aromatic N) is 6. The number of rotatable bonds is 4. The first kappa shape index (κ1) is 18.5. The molecule has 7 rings (SSSR count). The van der Waals surface area contributed by atoms with Crippen LogP contribution in [0.15, 0.2) is 30.7 Å². The zero-order valence-electron chi connectivity index (χ0n) is 17.8. The predicted molar refractivity (Wildman–Crippen MR) is 115 cm³/mol. The monoisotopic (exact) mass is 433 g/mol. The summed E-state index contributed by atoms with van der Waals surface area (Å²) in [6, 6.07) is 3.76. The van der Waals surface area contributed by atoms with E-state index in [1.807, 2.05) is 19.2 Å². The summed E-state index contributed by atoms with van der Waals surface area (Å²) in [7, 11) is 0. The zero-order valence-corrected chi connectivity index (χ0v) is 17.8. The van der Waals surface area contributed by atoms with E-state index in [2.05, 4.69) is 25.2 Å². The third kappa shape index (κ3) is 2.45. The van der Waals surface area contributed by atoms with Gasteiger partial charge in [0.25, 0.3) is 5.91 Å². The molecule has 1 N–H and O–H groups in total. The summed E-state index contributed by atoms with van der Waals surface area (Å²) in [6.07, 6.45) is 7.77. The molecule has 8 nitrogen and oxygen atoms in total. The van der Waals surface area contributed by atoms with E-state index < -0.39 is 0 Å². The normalized spacial score (nSPS) is 32.1. The van der Waals surface area contributed by atoms with Crippen LogP contribution in [0.25, 0.3) is 5.65 Å². The summed E-state index contributed by atoms with van der Waals surface area (Å²) in [5.74, 6) is 0.946. The molecule has 4 aliphatic rings. The second-order valence-electron chi connectivity index (χ2n) is 9.55. The Hall–Kier alpha value is -3.07. The van der Waals surface area contributed by atoms with Crippen LogP contribution < -0.4 is 10.2 Å². The van der Waals surface area contributed by atoms with Crippen LogP contribution in [0.4, 0.5) is 10.2 Å². The summed E-state index contributed by atoms with van der Waals surface area (Å²) in [5, 5.41) is 7.58. The number of aryl methyl sites for hydroxylation is 1. The summed E-state index contributed by atoms with van der Waals surface area (Å²) in [5.41, 5.74) is 3.04. The molecule has 6 heterocycles. The molecular weight excluding hydrogens is 409 g/mol. The van der Waals surface area contributed by atoms with Gasteiger partial charge in [-0.2, -0.15) is 5.10 Å². The molecule has 4 fully saturated rings. The van der Waals surface area contributed by atoms with Gasteiger partial charge in [-0.05, 0) is 50.4 Å². The summed E-state index contributed by atoms with van der Waals surface area (Å²) in [4.78, 5) is 26.8. The number of pyridine rings is 1. The van der Waals surface area contributed by atoms with Crippen molar-refractivity contribution in [3.05, 3.63) is 53.4 Å². The topological polar surface area (TPSA) is 78.4 Å². The summed E-state index contributed by atoms with van der Waals surface area (Å²) >= 11 is 0. The molecule has 3 saturated heterocycles. The van der Waals surface area contributed by atoms with Crippen molar-refractivity contribution in [2.24, 2.45) is 5.92 Å². The van der Waals surface area contributed by atoms with Crippen LogP contribution in [0.2, 0.25) is 0 Å². The minimum absolute atomic E-state index is 0.0131. The second kappa shape index (κ2) is 6.25. The van der Waals surface area contributed by atoms with Gasteiger partial charge >= 0.3 is 0 Å². The van der Waals surface area contributed by atoms with Gasteiger partial charge < -0.3 is 10.2 Å². The number of anilines is 1. The number of fused-ring (bicyclic) bond motifs is 1. The number of amides is 1. The zero-order chi connectivity index (χ0) is 21.6. The molecule has 1 saturated carbocycles. The average Bonchev–Trinajstić information content (AvgIpc) is 3.34. The Labute approximate surface area is 184 Å². The minimum atomic E-state index is -0.325. The van der Waals surface area contributed by atoms with Gasteiger partial charge in [0, 0.05) is 30.9 Å². The molecule has 9 heteroatoms. The van der Waals surface area contributed by atoms with Gasteiger partial charge in [0.15, 0.2) is 5.65 Å². The van der Waals surface area contributed by atoms with Crippen LogP contribution in [-0.4, -0.2) is 61.6 Å². The van der Waals surface area contributed by atoms with Gasteiger partial charge in [-0.25, -0.2) is 13.9 Å². The highest BCUT2D eigenvalue weighted by Crippen LogP contribution is 2.65. The molecule has 1 aliphatic carbocycles. The van der Waals surface area contributed by atoms with Crippen molar-refractivity contribution < 1.29 is 9.18 Å². The van der Waals surface area contributed by atoms with Crippen LogP contribution in [-0.2, 0) is 0 Å². The van der Waals surface area contributed by atoms with E-state index in [1.54, 1.807) is 16.8 Å². The highest BCUT2D eigenvalue weighted by Gasteiger charge is 2.80. The molecule has 164 valence electrons. The first-order valence-corrected chi connectivity index (χ1v) is 11.4. The van der Waals surface area contributed by atoms with Crippen molar-refractivity contribution in [2.45, 2.75) is 43.8 Å². The van der Waals surface area contributed by atoms with Crippen LogP contribution in [0.1, 0.15) is 46.9 Å². The number of aromatic nitrogens is 4. The van der Waals surface area contributed by atoms with Crippen molar-refractivity contribution in [2.75, 3.05) is 24.5 Å². The smallest absolute Gasteiger partial charge is 0.257 e. The van der Waals surface area contributed by atoms with Crippen molar-refractivity contribution in [3.63, 3.8) is 0 Å². The molecular formula is C23H24FN7O. The maximum Gasteiger partial charge on any atom is 0.257 e. The van der Waals surface area contributed by atoms with Gasteiger partial charge in [-0.3, -0.25) is 14.7 Å². The van der Waals surface area contributed by atoms with Gasteiger partial charge in [0.05, 0.1) is 30.0 Å². The fourth-order valence-electron chi connectivity index (χ4n) is 6.27. The fraction of sp³-hybridized carbons (Fsp3) is 0.478. The lowest BCUT2D eigenvalue weighted by atomic mass is 10.0. The Morgan fingerprint density at radius 1 is 1.28 bits per heavy atom. The molecule has 0 radical (unpaired) electrons. The van der Waals surface area contributed by atoms with E-state index in [4.69, 9.17) is 4.98 Å². The Bertz CT molecular complexity index is 1270. The van der Waals surface area contributed by atoms with E-state index in [-0.39, 0.29) is 29.3 Å². The predicted octanol–water partition coefficient (Wildman–Crippen LogP) is 2.10. The number of carbonyl (C=O) groups is 1. The lowest BCUT2D eigenvalue weighted by molar-refractivity contribution is 0.0947. The molecule has 0 aromatic carbocycles. The molecule has 1 amide bonds. The van der Waals surface area contributed by atoms with E-state index in [1.165, 1.54) is 12.6 Å². The van der Waals surface area contributed by atoms with Gasteiger partial charge in [-0.15, -0.1) is 0 Å². The third-order valence-electron chi connectivity index (χ3n) is 8.00. The SMILES string of the molecule is Cc1ncc(F)cc1C1CCCN1c1ccn2ncc(C(=O)N[C@@H]3C4CCN5CC435)c2n1. The standard InChI is InChI=1S/C23H24FN7O/c1-13-15(9-14(24)10-25-13)18-3-2-6-30(18)19-5-8-31-21(27-19)16(11-26-31)22(32)28-20-17-4-7-29-12-23(17,20)29/h5,8-11,17-18,20H,2-4,6-7,12H2,1H3,(H,28,32)/t17?,18?,20-,23?,29?/m1/s1. The maximum atomic E-state index is 13.9. The van der Waals surface area contributed by atoms with E-state index in [0.717, 1.165) is 49.6 Å². The molecule has 3 aliphatic heterocycles. The lowest BCUT2D eigenvalue weighted by Gasteiger charge is -2.27. The first-order chi connectivity index (χ1) is 15.6. The number of hydrogen-bond donors (Lipinski definition) is 1. The molecule has 4 unspecified atom stereocenters. The molecule has 5 atom stereocenters. The third-order valence-corrected chi connectivity index (χ3v) is 8.00. The van der Waals surface area contributed by atoms with Crippen molar-refractivity contribution in [1.29, 1.82) is 0 Å². The van der Waals surface area contributed by atoms with Crippen molar-refractivity contribution in [3.8, 4) is 0 Å². The molecule has 0 bridgehead atoms. The average molecular weight is 433 g/mol. The Morgan fingerprint density at radius 2 is 2.19 bits per heavy atom. The largest absolute Gasteiger partial charge is 0.349 e. The molecule has 3 aromatic rings. The number of hydrogen-bond acceptors (Lipinski definition) is 6. The molecule has 3 aromatic heterocycles. The van der Waals surface area contributed by atoms with Crippen molar-refractivity contribution >= 4 is 17.4 Å². The Kier molecular flexibility index (Phi) is 3.61. The van der Waals surface area contributed by atoms with Gasteiger partial charge in [0.2, 0.25) is 0 Å². The van der Waals surface area contributed by atoms with Gasteiger partial charge in [-0.1, -0.05) is 0 Å². The fourth-order valence-corrected chi connectivity index (χ4v) is 6.27. The summed E-state index contributed by atoms with van der Waals surface area (Å²) in [6.45, 7) is 5.01. The minimum Gasteiger partial charge on any atom is -0.349 e. The highest BCUT2D eigenvalue weighted by atomic mass is 19.1. The second-order valence-corrected chi connectivity index (χ2v) is 9.55. The maximum absolute atomic E-state index is 13.9. The van der Waals surface area contributed by atoms with Crippen LogP contribution >= 0.6 is 0 Å². The Balaban J connectivity index is 1.19. The Morgan fingerprint density at radius 3 is 3.00 bits per heavy atom. The van der Waals surface area contributed by atoms with E-state index in [9.17, 15) is 9.18 Å². The quantitative estimate of drug-likeness (QED) is 0.635. The number of nitrogens with one attached hydrogen (secondary N) is 1. The van der Waals surface area contributed by atoms with E-state index in [0.29, 0.717) is 17.1 Å². The van der Waals surface area contributed by atoms with Gasteiger partial charge in [0.1, 0.15) is 17.2 Å². The summed E-state index contributed by atoms with van der Waals surface area (Å²) < 4.78 is 15.6. The van der Waals surface area contributed by atoms with E-state index >= 15 is 0 Å². The van der Waals surface area contributed by atoms with Crippen LogP contribution in [0, 0.1) is 18.7 Å². The van der Waals surface area contributed by atoms with Crippen molar-refractivity contribution in [1.82, 2.24) is 29.8 Å². The number of halogens is 1. The molecule has 32 heavy (non-hydrogen) atoms.